The standard InChI is InChI=1S/C19H22N2O5S/c1-3-13-20-18(22)14-9-11-15(12-10-14)27(24,25)21-17-8-6-5-7-16(17)19(23)26-4-2/h5-12,21H,3-4,13H2,1-2H3,(H,20,22). The first-order valence-electron chi connectivity index (χ1n) is 8.56. The fraction of sp³-hybridized carbons (Fsp3) is 0.263. The van der Waals surface area contributed by atoms with E-state index >= 15 is 0 Å². The molecule has 0 aromatic heterocycles. The van der Waals surface area contributed by atoms with Gasteiger partial charge >= 0.3 is 5.97 Å². The highest BCUT2D eigenvalue weighted by atomic mass is 32.2. The lowest BCUT2D eigenvalue weighted by Gasteiger charge is -2.12. The lowest BCUT2D eigenvalue weighted by molar-refractivity contribution is 0.0527. The van der Waals surface area contributed by atoms with Crippen LogP contribution in [0, 0.1) is 0 Å². The van der Waals surface area contributed by atoms with Crippen LogP contribution in [-0.2, 0) is 14.8 Å². The number of esters is 1. The van der Waals surface area contributed by atoms with Gasteiger partial charge in [0.15, 0.2) is 0 Å². The molecular weight excluding hydrogens is 368 g/mol. The number of anilines is 1. The zero-order valence-corrected chi connectivity index (χ0v) is 16.0. The van der Waals surface area contributed by atoms with Crippen molar-refractivity contribution in [3.05, 3.63) is 59.7 Å². The van der Waals surface area contributed by atoms with Gasteiger partial charge in [-0.05, 0) is 49.7 Å². The van der Waals surface area contributed by atoms with Crippen LogP contribution in [0.4, 0.5) is 5.69 Å². The van der Waals surface area contributed by atoms with Crippen molar-refractivity contribution >= 4 is 27.6 Å². The molecule has 2 aromatic rings. The Morgan fingerprint density at radius 2 is 1.67 bits per heavy atom. The molecule has 0 aliphatic carbocycles. The topological polar surface area (TPSA) is 102 Å². The highest BCUT2D eigenvalue weighted by Gasteiger charge is 2.19. The van der Waals surface area contributed by atoms with Gasteiger partial charge in [-0.1, -0.05) is 19.1 Å². The summed E-state index contributed by atoms with van der Waals surface area (Å²) in [5.74, 6) is -0.875. The van der Waals surface area contributed by atoms with Gasteiger partial charge in [-0.15, -0.1) is 0 Å². The van der Waals surface area contributed by atoms with Crippen molar-refractivity contribution in [2.24, 2.45) is 0 Å². The number of carbonyl (C=O) groups excluding carboxylic acids is 2. The lowest BCUT2D eigenvalue weighted by Crippen LogP contribution is -2.24. The number of nitrogens with one attached hydrogen (secondary N) is 2. The maximum atomic E-state index is 12.6. The van der Waals surface area contributed by atoms with E-state index in [4.69, 9.17) is 4.74 Å². The molecule has 7 nitrogen and oxygen atoms in total. The van der Waals surface area contributed by atoms with Crippen LogP contribution in [0.2, 0.25) is 0 Å². The summed E-state index contributed by atoms with van der Waals surface area (Å²) >= 11 is 0. The largest absolute Gasteiger partial charge is 0.462 e. The molecule has 8 heteroatoms. The van der Waals surface area contributed by atoms with Crippen LogP contribution in [0.3, 0.4) is 0 Å². The summed E-state index contributed by atoms with van der Waals surface area (Å²) in [5.41, 5.74) is 0.619. The van der Waals surface area contributed by atoms with Gasteiger partial charge in [-0.2, -0.15) is 0 Å². The fourth-order valence-corrected chi connectivity index (χ4v) is 3.37. The molecule has 0 radical (unpaired) electrons. The van der Waals surface area contributed by atoms with E-state index in [1.54, 1.807) is 19.1 Å². The second-order valence-electron chi connectivity index (χ2n) is 5.65. The number of benzene rings is 2. The lowest BCUT2D eigenvalue weighted by atomic mass is 10.2. The Morgan fingerprint density at radius 3 is 2.30 bits per heavy atom. The Bertz CT molecular complexity index is 908. The number of ether oxygens (including phenoxy) is 1. The van der Waals surface area contributed by atoms with E-state index in [9.17, 15) is 18.0 Å². The Kier molecular flexibility index (Phi) is 6.95. The van der Waals surface area contributed by atoms with Crippen LogP contribution in [-0.4, -0.2) is 33.4 Å². The van der Waals surface area contributed by atoms with E-state index in [0.29, 0.717) is 12.1 Å². The average Bonchev–Trinajstić information content (AvgIpc) is 2.66. The van der Waals surface area contributed by atoms with Crippen molar-refractivity contribution in [3.63, 3.8) is 0 Å². The van der Waals surface area contributed by atoms with Gasteiger partial charge in [0.25, 0.3) is 15.9 Å². The Hall–Kier alpha value is -2.87. The molecule has 2 aromatic carbocycles. The van der Waals surface area contributed by atoms with Crippen molar-refractivity contribution in [1.29, 1.82) is 0 Å². The molecule has 0 spiro atoms. The van der Waals surface area contributed by atoms with Crippen molar-refractivity contribution in [3.8, 4) is 0 Å². The molecule has 2 rings (SSSR count). The molecule has 0 atom stereocenters. The number of sulfonamides is 1. The second-order valence-corrected chi connectivity index (χ2v) is 7.33. The molecule has 0 heterocycles. The van der Waals surface area contributed by atoms with E-state index in [0.717, 1.165) is 6.42 Å². The van der Waals surface area contributed by atoms with Gasteiger partial charge < -0.3 is 10.1 Å². The van der Waals surface area contributed by atoms with Crippen LogP contribution >= 0.6 is 0 Å². The van der Waals surface area contributed by atoms with E-state index < -0.39 is 16.0 Å². The second kappa shape index (κ2) is 9.18. The smallest absolute Gasteiger partial charge is 0.340 e. The Morgan fingerprint density at radius 1 is 1.00 bits per heavy atom. The van der Waals surface area contributed by atoms with Crippen LogP contribution in [0.5, 0.6) is 0 Å². The number of hydrogen-bond acceptors (Lipinski definition) is 5. The third-order valence-corrected chi connectivity index (χ3v) is 5.01. The Balaban J connectivity index is 2.22. The zero-order chi connectivity index (χ0) is 19.9. The minimum Gasteiger partial charge on any atom is -0.462 e. The maximum absolute atomic E-state index is 12.6. The zero-order valence-electron chi connectivity index (χ0n) is 15.2. The molecule has 0 fully saturated rings. The van der Waals surface area contributed by atoms with E-state index in [1.165, 1.54) is 36.4 Å². The molecule has 1 amide bonds. The van der Waals surface area contributed by atoms with Gasteiger partial charge in [0.1, 0.15) is 0 Å². The SMILES string of the molecule is CCCNC(=O)c1ccc(S(=O)(=O)Nc2ccccc2C(=O)OCC)cc1. The number of carbonyl (C=O) groups is 2. The normalized spacial score (nSPS) is 10.9. The summed E-state index contributed by atoms with van der Waals surface area (Å²) in [7, 11) is -3.93. The first kappa shape index (κ1) is 20.4. The average molecular weight is 390 g/mol. The van der Waals surface area contributed by atoms with E-state index in [-0.39, 0.29) is 28.7 Å². The van der Waals surface area contributed by atoms with E-state index in [1.807, 2.05) is 6.92 Å². The number of rotatable bonds is 8. The highest BCUT2D eigenvalue weighted by molar-refractivity contribution is 7.92. The minimum absolute atomic E-state index is 0.0202. The third-order valence-electron chi connectivity index (χ3n) is 3.63. The molecule has 2 N–H and O–H groups in total. The predicted octanol–water partition coefficient (Wildman–Crippen LogP) is 2.80. The molecule has 144 valence electrons. The molecule has 0 bridgehead atoms. The summed E-state index contributed by atoms with van der Waals surface area (Å²) in [6.45, 7) is 4.34. The van der Waals surface area contributed by atoms with Gasteiger partial charge in [0.05, 0.1) is 22.8 Å². The summed E-state index contributed by atoms with van der Waals surface area (Å²) in [4.78, 5) is 23.9. The van der Waals surface area contributed by atoms with Crippen molar-refractivity contribution in [2.75, 3.05) is 17.9 Å². The summed E-state index contributed by atoms with van der Waals surface area (Å²) < 4.78 is 32.6. The maximum Gasteiger partial charge on any atom is 0.340 e. The molecule has 0 aliphatic rings. The predicted molar refractivity (Wildman–Crippen MR) is 102 cm³/mol. The monoisotopic (exact) mass is 390 g/mol. The fourth-order valence-electron chi connectivity index (χ4n) is 2.29. The number of para-hydroxylation sites is 1. The molecule has 0 aliphatic heterocycles. The molecule has 0 saturated heterocycles. The van der Waals surface area contributed by atoms with Crippen LogP contribution in [0.15, 0.2) is 53.4 Å². The molecule has 0 unspecified atom stereocenters. The highest BCUT2D eigenvalue weighted by Crippen LogP contribution is 2.21. The molecule has 0 saturated carbocycles. The van der Waals surface area contributed by atoms with E-state index in [2.05, 4.69) is 10.0 Å². The summed E-state index contributed by atoms with van der Waals surface area (Å²) in [6, 6.07) is 11.8. The van der Waals surface area contributed by atoms with Crippen LogP contribution < -0.4 is 10.0 Å². The summed E-state index contributed by atoms with van der Waals surface area (Å²) in [6.07, 6.45) is 0.808. The minimum atomic E-state index is -3.93. The first-order chi connectivity index (χ1) is 12.9. The van der Waals surface area contributed by atoms with Crippen LogP contribution in [0.25, 0.3) is 0 Å². The number of amides is 1. The quantitative estimate of drug-likeness (QED) is 0.675. The molecule has 27 heavy (non-hydrogen) atoms. The van der Waals surface area contributed by atoms with Crippen LogP contribution in [0.1, 0.15) is 41.0 Å². The Labute approximate surface area is 158 Å². The first-order valence-corrected chi connectivity index (χ1v) is 10.0. The summed E-state index contributed by atoms with van der Waals surface area (Å²) in [5, 5.41) is 2.72. The third kappa shape index (κ3) is 5.30. The van der Waals surface area contributed by atoms with Crippen molar-refractivity contribution in [1.82, 2.24) is 5.32 Å². The van der Waals surface area contributed by atoms with Gasteiger partial charge in [0, 0.05) is 12.1 Å². The van der Waals surface area contributed by atoms with Gasteiger partial charge in [-0.25, -0.2) is 13.2 Å². The molecular formula is C19H22N2O5S. The van der Waals surface area contributed by atoms with Crippen molar-refractivity contribution < 1.29 is 22.7 Å². The number of hydrogen-bond donors (Lipinski definition) is 2. The van der Waals surface area contributed by atoms with Gasteiger partial charge in [0.2, 0.25) is 0 Å². The van der Waals surface area contributed by atoms with Gasteiger partial charge in [-0.3, -0.25) is 9.52 Å². The van der Waals surface area contributed by atoms with Crippen molar-refractivity contribution in [2.45, 2.75) is 25.2 Å².